The van der Waals surface area contributed by atoms with Crippen molar-refractivity contribution in [2.24, 2.45) is 0 Å². The van der Waals surface area contributed by atoms with Gasteiger partial charge in [-0.3, -0.25) is 0 Å². The van der Waals surface area contributed by atoms with Crippen LogP contribution in [0.3, 0.4) is 0 Å². The van der Waals surface area contributed by atoms with Crippen LogP contribution in [-0.2, 0) is 13.1 Å². The van der Waals surface area contributed by atoms with E-state index >= 15 is 0 Å². The Morgan fingerprint density at radius 3 is 2.16 bits per heavy atom. The predicted octanol–water partition coefficient (Wildman–Crippen LogP) is 5.77. The molecule has 2 atom stereocenters. The van der Waals surface area contributed by atoms with E-state index < -0.39 is 0 Å². The molecule has 0 aromatic heterocycles. The molecule has 0 saturated carbocycles. The molecule has 3 aromatic carbocycles. The van der Waals surface area contributed by atoms with Crippen LogP contribution in [0.4, 0.5) is 0 Å². The first-order valence-electron chi connectivity index (χ1n) is 11.7. The van der Waals surface area contributed by atoms with E-state index in [4.69, 9.17) is 9.47 Å². The van der Waals surface area contributed by atoms with Crippen molar-refractivity contribution in [2.75, 3.05) is 7.05 Å². The fraction of sp³-hybridized carbons (Fsp3) is 0.357. The van der Waals surface area contributed by atoms with Gasteiger partial charge in [-0.2, -0.15) is 0 Å². The number of benzene rings is 3. The van der Waals surface area contributed by atoms with Crippen LogP contribution in [0.15, 0.2) is 78.9 Å². The Kier molecular flexibility index (Phi) is 6.42. The van der Waals surface area contributed by atoms with Gasteiger partial charge >= 0.3 is 0 Å². The zero-order chi connectivity index (χ0) is 21.8. The Morgan fingerprint density at radius 1 is 0.750 bits per heavy atom. The van der Waals surface area contributed by atoms with Gasteiger partial charge in [0.25, 0.3) is 0 Å². The van der Waals surface area contributed by atoms with Crippen LogP contribution in [0, 0.1) is 0 Å². The minimum absolute atomic E-state index is 0.350. The van der Waals surface area contributed by atoms with E-state index in [9.17, 15) is 0 Å². The van der Waals surface area contributed by atoms with E-state index in [0.717, 1.165) is 43.2 Å². The average Bonchev–Trinajstić information content (AvgIpc) is 3.02. The van der Waals surface area contributed by atoms with E-state index in [1.54, 1.807) is 0 Å². The molecule has 1 N–H and O–H groups in total. The lowest BCUT2D eigenvalue weighted by Crippen LogP contribution is -2.43. The van der Waals surface area contributed by atoms with Crippen molar-refractivity contribution < 1.29 is 9.47 Å². The molecule has 166 valence electrons. The molecule has 0 spiro atoms. The number of fused-ring (bicyclic) bond motifs is 2. The molecule has 2 aliphatic rings. The van der Waals surface area contributed by atoms with E-state index in [1.165, 1.54) is 24.0 Å². The molecular weight excluding hydrogens is 396 g/mol. The standard InChI is InChI=1S/C28H32N2O2/c1-30-23-12-13-24(30)18-28(17-23)32-27-9-5-6-22(16-27)20-29-19-21-10-14-26(15-11-21)31-25-7-3-2-4-8-25/h2-11,14-16,23-24,28-29H,12-13,17-20H2,1H3. The highest BCUT2D eigenvalue weighted by atomic mass is 16.5. The zero-order valence-electron chi connectivity index (χ0n) is 18.7. The number of ether oxygens (including phenoxy) is 2. The average molecular weight is 429 g/mol. The second-order valence-electron chi connectivity index (χ2n) is 9.07. The lowest BCUT2D eigenvalue weighted by atomic mass is 10.0. The highest BCUT2D eigenvalue weighted by Crippen LogP contribution is 2.36. The Bertz CT molecular complexity index is 991. The molecule has 4 heteroatoms. The van der Waals surface area contributed by atoms with E-state index in [2.05, 4.69) is 53.7 Å². The van der Waals surface area contributed by atoms with Gasteiger partial charge in [0.05, 0.1) is 0 Å². The molecule has 0 aliphatic carbocycles. The van der Waals surface area contributed by atoms with Crippen LogP contribution in [-0.4, -0.2) is 30.1 Å². The smallest absolute Gasteiger partial charge is 0.127 e. The molecule has 2 saturated heterocycles. The van der Waals surface area contributed by atoms with Crippen molar-refractivity contribution in [1.82, 2.24) is 10.2 Å². The van der Waals surface area contributed by atoms with Gasteiger partial charge in [-0.25, -0.2) is 0 Å². The second kappa shape index (κ2) is 9.76. The number of para-hydroxylation sites is 1. The van der Waals surface area contributed by atoms with Crippen molar-refractivity contribution in [3.8, 4) is 17.2 Å². The largest absolute Gasteiger partial charge is 0.490 e. The zero-order valence-corrected chi connectivity index (χ0v) is 18.7. The minimum Gasteiger partial charge on any atom is -0.490 e. The quantitative estimate of drug-likeness (QED) is 0.494. The lowest BCUT2D eigenvalue weighted by molar-refractivity contribution is 0.0661. The summed E-state index contributed by atoms with van der Waals surface area (Å²) in [6, 6.07) is 28.1. The molecule has 2 fully saturated rings. The molecule has 2 aliphatic heterocycles. The van der Waals surface area contributed by atoms with Crippen LogP contribution in [0.2, 0.25) is 0 Å². The third-order valence-electron chi connectivity index (χ3n) is 6.82. The first-order valence-corrected chi connectivity index (χ1v) is 11.7. The first-order chi connectivity index (χ1) is 15.7. The van der Waals surface area contributed by atoms with Crippen molar-refractivity contribution >= 4 is 0 Å². The summed E-state index contributed by atoms with van der Waals surface area (Å²) in [5, 5.41) is 3.54. The van der Waals surface area contributed by atoms with Gasteiger partial charge in [0, 0.05) is 25.2 Å². The Hall–Kier alpha value is -2.82. The van der Waals surface area contributed by atoms with Gasteiger partial charge < -0.3 is 19.7 Å². The number of piperidine rings is 1. The normalized spacial score (nSPS) is 22.6. The van der Waals surface area contributed by atoms with E-state index in [1.807, 2.05) is 42.5 Å². The maximum Gasteiger partial charge on any atom is 0.127 e. The molecular formula is C28H32N2O2. The molecule has 4 nitrogen and oxygen atoms in total. The minimum atomic E-state index is 0.350. The summed E-state index contributed by atoms with van der Waals surface area (Å²) in [5.74, 6) is 2.71. The maximum absolute atomic E-state index is 6.38. The van der Waals surface area contributed by atoms with Crippen LogP contribution >= 0.6 is 0 Å². The topological polar surface area (TPSA) is 33.7 Å². The number of nitrogens with zero attached hydrogens (tertiary/aromatic N) is 1. The number of nitrogens with one attached hydrogen (secondary N) is 1. The molecule has 32 heavy (non-hydrogen) atoms. The lowest BCUT2D eigenvalue weighted by Gasteiger charge is -2.36. The van der Waals surface area contributed by atoms with Gasteiger partial charge in [-0.15, -0.1) is 0 Å². The maximum atomic E-state index is 6.38. The summed E-state index contributed by atoms with van der Waals surface area (Å²) in [4.78, 5) is 2.56. The summed E-state index contributed by atoms with van der Waals surface area (Å²) in [6.07, 6.45) is 5.30. The van der Waals surface area contributed by atoms with Gasteiger partial charge in [-0.05, 0) is 80.3 Å². The van der Waals surface area contributed by atoms with Crippen molar-refractivity contribution in [2.45, 2.75) is 57.0 Å². The van der Waals surface area contributed by atoms with Gasteiger partial charge in [0.15, 0.2) is 0 Å². The van der Waals surface area contributed by atoms with Crippen molar-refractivity contribution in [1.29, 1.82) is 0 Å². The highest BCUT2D eigenvalue weighted by Gasteiger charge is 2.39. The summed E-state index contributed by atoms with van der Waals surface area (Å²) in [5.41, 5.74) is 2.49. The third kappa shape index (κ3) is 5.14. The first kappa shape index (κ1) is 21.0. The van der Waals surface area contributed by atoms with Crippen LogP contribution in [0.5, 0.6) is 17.2 Å². The van der Waals surface area contributed by atoms with Crippen molar-refractivity contribution in [3.63, 3.8) is 0 Å². The number of rotatable bonds is 8. The van der Waals surface area contributed by atoms with Gasteiger partial charge in [-0.1, -0.05) is 42.5 Å². The van der Waals surface area contributed by atoms with Crippen molar-refractivity contribution in [3.05, 3.63) is 90.0 Å². The number of hydrogen-bond acceptors (Lipinski definition) is 4. The summed E-state index contributed by atoms with van der Waals surface area (Å²) in [7, 11) is 2.27. The van der Waals surface area contributed by atoms with Gasteiger partial charge in [0.2, 0.25) is 0 Å². The Labute approximate surface area is 191 Å². The fourth-order valence-electron chi connectivity index (χ4n) is 5.03. The molecule has 0 amide bonds. The molecule has 2 bridgehead atoms. The summed E-state index contributed by atoms with van der Waals surface area (Å²) >= 11 is 0. The SMILES string of the molecule is CN1C2CCC1CC(Oc1cccc(CNCc3ccc(Oc4ccccc4)cc3)c1)C2. The van der Waals surface area contributed by atoms with Crippen LogP contribution in [0.25, 0.3) is 0 Å². The Morgan fingerprint density at radius 2 is 1.41 bits per heavy atom. The van der Waals surface area contributed by atoms with E-state index in [-0.39, 0.29) is 0 Å². The predicted molar refractivity (Wildman–Crippen MR) is 128 cm³/mol. The second-order valence-corrected chi connectivity index (χ2v) is 9.07. The Balaban J connectivity index is 1.10. The summed E-state index contributed by atoms with van der Waals surface area (Å²) in [6.45, 7) is 1.63. The van der Waals surface area contributed by atoms with E-state index in [0.29, 0.717) is 18.2 Å². The summed E-state index contributed by atoms with van der Waals surface area (Å²) < 4.78 is 12.3. The molecule has 2 unspecified atom stereocenters. The molecule has 5 rings (SSSR count). The van der Waals surface area contributed by atoms with Crippen LogP contribution < -0.4 is 14.8 Å². The van der Waals surface area contributed by atoms with Crippen LogP contribution in [0.1, 0.15) is 36.8 Å². The molecule has 3 aromatic rings. The monoisotopic (exact) mass is 428 g/mol. The fourth-order valence-corrected chi connectivity index (χ4v) is 5.03. The third-order valence-corrected chi connectivity index (χ3v) is 6.82. The molecule has 2 heterocycles. The van der Waals surface area contributed by atoms with Gasteiger partial charge in [0.1, 0.15) is 23.4 Å². The highest BCUT2D eigenvalue weighted by molar-refractivity contribution is 5.33. The number of hydrogen-bond donors (Lipinski definition) is 1. The molecule has 0 radical (unpaired) electrons.